The maximum Gasteiger partial charge on any atom is 0.356 e. The molecule has 0 unspecified atom stereocenters. The molecule has 0 spiro atoms. The van der Waals surface area contributed by atoms with Gasteiger partial charge < -0.3 is 9.84 Å². The molecule has 0 saturated heterocycles. The first-order valence-corrected chi connectivity index (χ1v) is 5.56. The summed E-state index contributed by atoms with van der Waals surface area (Å²) in [7, 11) is 0. The van der Waals surface area contributed by atoms with Gasteiger partial charge in [0.15, 0.2) is 5.69 Å². The average molecular weight is 275 g/mol. The zero-order valence-electron chi connectivity index (χ0n) is 9.50. The largest absolute Gasteiger partial charge is 0.476 e. The van der Waals surface area contributed by atoms with Crippen molar-refractivity contribution in [2.24, 2.45) is 0 Å². The second-order valence-electron chi connectivity index (χ2n) is 3.53. The summed E-state index contributed by atoms with van der Waals surface area (Å²) in [5.41, 5.74) is 0.153. The number of nitriles is 1. The van der Waals surface area contributed by atoms with Gasteiger partial charge in [-0.2, -0.15) is 5.26 Å². The van der Waals surface area contributed by atoms with Gasteiger partial charge in [-0.05, 0) is 24.3 Å². The fourth-order valence-corrected chi connectivity index (χ4v) is 1.57. The third-order valence-corrected chi connectivity index (χ3v) is 2.51. The summed E-state index contributed by atoms with van der Waals surface area (Å²) in [5, 5.41) is 17.7. The van der Waals surface area contributed by atoms with Gasteiger partial charge in [-0.25, -0.2) is 9.78 Å². The Bertz CT molecular complexity index is 680. The number of pyridine rings is 1. The molecular weight excluding hydrogens is 268 g/mol. The van der Waals surface area contributed by atoms with E-state index in [-0.39, 0.29) is 16.6 Å². The van der Waals surface area contributed by atoms with Crippen molar-refractivity contribution in [2.45, 2.75) is 0 Å². The van der Waals surface area contributed by atoms with Gasteiger partial charge in [0, 0.05) is 6.07 Å². The van der Waals surface area contributed by atoms with Crippen LogP contribution in [-0.4, -0.2) is 16.1 Å². The quantitative estimate of drug-likeness (QED) is 0.930. The van der Waals surface area contributed by atoms with E-state index in [4.69, 9.17) is 26.7 Å². The van der Waals surface area contributed by atoms with Crippen LogP contribution in [0.15, 0.2) is 36.4 Å². The van der Waals surface area contributed by atoms with Crippen molar-refractivity contribution in [1.82, 2.24) is 4.98 Å². The molecule has 5 nitrogen and oxygen atoms in total. The summed E-state index contributed by atoms with van der Waals surface area (Å²) in [5.74, 6) is -0.747. The Morgan fingerprint density at radius 1 is 1.37 bits per heavy atom. The van der Waals surface area contributed by atoms with Crippen LogP contribution >= 0.6 is 11.6 Å². The molecule has 1 aromatic carbocycles. The van der Waals surface area contributed by atoms with Crippen LogP contribution in [0.5, 0.6) is 11.6 Å². The monoisotopic (exact) mass is 274 g/mol. The zero-order chi connectivity index (χ0) is 13.8. The Labute approximate surface area is 113 Å². The molecule has 0 bridgehead atoms. The summed E-state index contributed by atoms with van der Waals surface area (Å²) in [6.07, 6.45) is 0. The fraction of sp³-hybridized carbons (Fsp3) is 0. The molecule has 1 N–H and O–H groups in total. The lowest BCUT2D eigenvalue weighted by Gasteiger charge is -2.06. The molecule has 1 aromatic heterocycles. The van der Waals surface area contributed by atoms with Crippen LogP contribution in [0.4, 0.5) is 0 Å². The van der Waals surface area contributed by atoms with Gasteiger partial charge in [0.05, 0.1) is 16.7 Å². The molecule has 0 aliphatic rings. The molecule has 6 heteroatoms. The van der Waals surface area contributed by atoms with E-state index >= 15 is 0 Å². The fourth-order valence-electron chi connectivity index (χ4n) is 1.38. The standard InChI is InChI=1S/C13H7ClN2O3/c14-10-4-5-11(16-12(10)13(17)18)19-9-3-1-2-8(6-9)7-15/h1-6H,(H,17,18). The maximum absolute atomic E-state index is 10.9. The number of rotatable bonds is 3. The van der Waals surface area contributed by atoms with E-state index in [1.54, 1.807) is 18.2 Å². The number of nitrogens with zero attached hydrogens (tertiary/aromatic N) is 2. The summed E-state index contributed by atoms with van der Waals surface area (Å²) in [6.45, 7) is 0. The normalized spacial score (nSPS) is 9.68. The first-order chi connectivity index (χ1) is 9.10. The molecule has 19 heavy (non-hydrogen) atoms. The number of ether oxygens (including phenoxy) is 1. The van der Waals surface area contributed by atoms with E-state index in [1.807, 2.05) is 6.07 Å². The number of benzene rings is 1. The molecule has 1 heterocycles. The van der Waals surface area contributed by atoms with Crippen molar-refractivity contribution in [3.8, 4) is 17.7 Å². The van der Waals surface area contributed by atoms with Gasteiger partial charge in [0.1, 0.15) is 5.75 Å². The average Bonchev–Trinajstić information content (AvgIpc) is 2.41. The second-order valence-corrected chi connectivity index (χ2v) is 3.93. The molecule has 2 rings (SSSR count). The summed E-state index contributed by atoms with van der Waals surface area (Å²) >= 11 is 5.70. The number of halogens is 1. The number of aromatic nitrogens is 1. The molecule has 0 radical (unpaired) electrons. The molecule has 0 atom stereocenters. The lowest BCUT2D eigenvalue weighted by atomic mass is 10.2. The first-order valence-electron chi connectivity index (χ1n) is 5.18. The van der Waals surface area contributed by atoms with Gasteiger partial charge >= 0.3 is 5.97 Å². The zero-order valence-corrected chi connectivity index (χ0v) is 10.3. The van der Waals surface area contributed by atoms with E-state index < -0.39 is 5.97 Å². The lowest BCUT2D eigenvalue weighted by Crippen LogP contribution is -2.02. The third-order valence-electron chi connectivity index (χ3n) is 2.21. The molecule has 2 aromatic rings. The van der Waals surface area contributed by atoms with Crippen LogP contribution in [0.1, 0.15) is 16.1 Å². The highest BCUT2D eigenvalue weighted by molar-refractivity contribution is 6.33. The molecule has 0 fully saturated rings. The number of carboxylic acids is 1. The van der Waals surface area contributed by atoms with Crippen molar-refractivity contribution in [3.63, 3.8) is 0 Å². The van der Waals surface area contributed by atoms with Crippen LogP contribution in [-0.2, 0) is 0 Å². The van der Waals surface area contributed by atoms with Crippen LogP contribution in [0, 0.1) is 11.3 Å². The highest BCUT2D eigenvalue weighted by Crippen LogP contribution is 2.23. The molecule has 0 amide bonds. The number of carbonyl (C=O) groups is 1. The van der Waals surface area contributed by atoms with Gasteiger partial charge in [0.25, 0.3) is 0 Å². The second kappa shape index (κ2) is 5.38. The Morgan fingerprint density at radius 2 is 2.16 bits per heavy atom. The van der Waals surface area contributed by atoms with Gasteiger partial charge in [-0.1, -0.05) is 17.7 Å². The van der Waals surface area contributed by atoms with Gasteiger partial charge in [-0.15, -0.1) is 0 Å². The van der Waals surface area contributed by atoms with E-state index in [0.717, 1.165) is 0 Å². The van der Waals surface area contributed by atoms with Crippen molar-refractivity contribution >= 4 is 17.6 Å². The molecular formula is C13H7ClN2O3. The Kier molecular flexibility index (Phi) is 3.64. The molecule has 0 aliphatic carbocycles. The Balaban J connectivity index is 2.31. The first kappa shape index (κ1) is 12.9. The predicted molar refractivity (Wildman–Crippen MR) is 67.4 cm³/mol. The Morgan fingerprint density at radius 3 is 2.84 bits per heavy atom. The number of hydrogen-bond acceptors (Lipinski definition) is 4. The third kappa shape index (κ3) is 3.00. The molecule has 94 valence electrons. The summed E-state index contributed by atoms with van der Waals surface area (Å²) in [6, 6.07) is 11.3. The highest BCUT2D eigenvalue weighted by atomic mass is 35.5. The topological polar surface area (TPSA) is 83.2 Å². The predicted octanol–water partition coefficient (Wildman–Crippen LogP) is 3.10. The van der Waals surface area contributed by atoms with Crippen LogP contribution in [0.2, 0.25) is 5.02 Å². The van der Waals surface area contributed by atoms with Crippen LogP contribution in [0.25, 0.3) is 0 Å². The van der Waals surface area contributed by atoms with Gasteiger partial charge in [-0.3, -0.25) is 0 Å². The van der Waals surface area contributed by atoms with Crippen molar-refractivity contribution in [1.29, 1.82) is 5.26 Å². The Hall–Kier alpha value is -2.58. The van der Waals surface area contributed by atoms with E-state index in [2.05, 4.69) is 4.98 Å². The van der Waals surface area contributed by atoms with Crippen molar-refractivity contribution in [2.75, 3.05) is 0 Å². The maximum atomic E-state index is 10.9. The minimum atomic E-state index is -1.23. The van der Waals surface area contributed by atoms with E-state index in [0.29, 0.717) is 11.3 Å². The molecule has 0 saturated carbocycles. The smallest absolute Gasteiger partial charge is 0.356 e. The number of carboxylic acid groups (broad SMARTS) is 1. The van der Waals surface area contributed by atoms with Crippen LogP contribution < -0.4 is 4.74 Å². The molecule has 0 aliphatic heterocycles. The van der Waals surface area contributed by atoms with E-state index in [1.165, 1.54) is 18.2 Å². The SMILES string of the molecule is N#Cc1cccc(Oc2ccc(Cl)c(C(=O)O)n2)c1. The summed E-state index contributed by atoms with van der Waals surface area (Å²) < 4.78 is 5.38. The number of aromatic carboxylic acids is 1. The highest BCUT2D eigenvalue weighted by Gasteiger charge is 2.12. The van der Waals surface area contributed by atoms with Crippen molar-refractivity contribution < 1.29 is 14.6 Å². The van der Waals surface area contributed by atoms with E-state index in [9.17, 15) is 4.79 Å². The van der Waals surface area contributed by atoms with Crippen LogP contribution in [0.3, 0.4) is 0 Å². The van der Waals surface area contributed by atoms with Gasteiger partial charge in [0.2, 0.25) is 5.88 Å². The van der Waals surface area contributed by atoms with Crippen molar-refractivity contribution in [3.05, 3.63) is 52.7 Å². The lowest BCUT2D eigenvalue weighted by molar-refractivity contribution is 0.0690. The minimum Gasteiger partial charge on any atom is -0.476 e. The number of hydrogen-bond donors (Lipinski definition) is 1. The summed E-state index contributed by atoms with van der Waals surface area (Å²) in [4.78, 5) is 14.7. The minimum absolute atomic E-state index is 0.0330.